The third-order valence-electron chi connectivity index (χ3n) is 2.14. The van der Waals surface area contributed by atoms with Gasteiger partial charge in [0, 0.05) is 30.2 Å². The topological polar surface area (TPSA) is 59.2 Å². The van der Waals surface area contributed by atoms with Gasteiger partial charge in [-0.15, -0.1) is 0 Å². The van der Waals surface area contributed by atoms with Gasteiger partial charge in [-0.05, 0) is 12.1 Å². The van der Waals surface area contributed by atoms with Crippen LogP contribution < -0.4 is 10.6 Å². The van der Waals surface area contributed by atoms with Crippen LogP contribution in [0.15, 0.2) is 18.3 Å². The van der Waals surface area contributed by atoms with E-state index in [1.165, 1.54) is 0 Å². The molecule has 1 fully saturated rings. The molecule has 5 heteroatoms. The van der Waals surface area contributed by atoms with Crippen molar-refractivity contribution in [2.75, 3.05) is 11.4 Å². The Kier molecular flexibility index (Phi) is 2.39. The number of hydrogen-bond acceptors (Lipinski definition) is 3. The van der Waals surface area contributed by atoms with E-state index in [2.05, 4.69) is 4.98 Å². The summed E-state index contributed by atoms with van der Waals surface area (Å²) in [5.74, 6) is 0.586. The third kappa shape index (κ3) is 1.71. The largest absolute Gasteiger partial charge is 0.326 e. The SMILES string of the molecule is NC1CC(=O)N(c2cc(Cl)ccn2)C1. The molecule has 2 rings (SSSR count). The van der Waals surface area contributed by atoms with Crippen molar-refractivity contribution >= 4 is 23.3 Å². The molecule has 1 aliphatic heterocycles. The van der Waals surface area contributed by atoms with Crippen LogP contribution in [0, 0.1) is 0 Å². The molecule has 2 N–H and O–H groups in total. The minimum absolute atomic E-state index is 0.00673. The molecule has 1 aromatic rings. The number of pyridine rings is 1. The van der Waals surface area contributed by atoms with Crippen molar-refractivity contribution in [1.29, 1.82) is 0 Å². The second-order valence-corrected chi connectivity index (χ2v) is 3.74. The Hall–Kier alpha value is -1.13. The van der Waals surface area contributed by atoms with E-state index in [1.807, 2.05) is 0 Å². The first-order chi connectivity index (χ1) is 6.66. The molecule has 1 unspecified atom stereocenters. The Labute approximate surface area is 86.7 Å². The molecule has 1 aliphatic rings. The normalized spacial score (nSPS) is 21.7. The standard InChI is InChI=1S/C9H10ClN3O/c10-6-1-2-12-8(3-6)13-5-7(11)4-9(13)14/h1-3,7H,4-5,11H2. The lowest BCUT2D eigenvalue weighted by Crippen LogP contribution is -2.28. The molecule has 1 aromatic heterocycles. The van der Waals surface area contributed by atoms with Gasteiger partial charge in [0.1, 0.15) is 5.82 Å². The molecule has 0 radical (unpaired) electrons. The zero-order chi connectivity index (χ0) is 10.1. The summed E-state index contributed by atoms with van der Waals surface area (Å²) in [5, 5.41) is 0.572. The number of nitrogens with two attached hydrogens (primary N) is 1. The monoisotopic (exact) mass is 211 g/mol. The molecule has 74 valence electrons. The van der Waals surface area contributed by atoms with Crippen molar-refractivity contribution in [3.05, 3.63) is 23.4 Å². The van der Waals surface area contributed by atoms with Gasteiger partial charge in [0.15, 0.2) is 0 Å². The molecule has 2 heterocycles. The lowest BCUT2D eigenvalue weighted by molar-refractivity contribution is -0.117. The van der Waals surface area contributed by atoms with E-state index in [0.717, 1.165) is 0 Å². The highest BCUT2D eigenvalue weighted by Crippen LogP contribution is 2.21. The lowest BCUT2D eigenvalue weighted by Gasteiger charge is -2.14. The quantitative estimate of drug-likeness (QED) is 0.748. The number of anilines is 1. The molecule has 0 aromatic carbocycles. The van der Waals surface area contributed by atoms with Crippen LogP contribution in [-0.2, 0) is 4.79 Å². The van der Waals surface area contributed by atoms with Gasteiger partial charge in [0.05, 0.1) is 0 Å². The zero-order valence-corrected chi connectivity index (χ0v) is 8.24. The zero-order valence-electron chi connectivity index (χ0n) is 7.48. The lowest BCUT2D eigenvalue weighted by atomic mass is 10.3. The van der Waals surface area contributed by atoms with Crippen LogP contribution in [0.5, 0.6) is 0 Å². The number of amides is 1. The number of halogens is 1. The third-order valence-corrected chi connectivity index (χ3v) is 2.37. The maximum atomic E-state index is 11.5. The Morgan fingerprint density at radius 3 is 3.00 bits per heavy atom. The molecule has 14 heavy (non-hydrogen) atoms. The highest BCUT2D eigenvalue weighted by atomic mass is 35.5. The summed E-state index contributed by atoms with van der Waals surface area (Å²) < 4.78 is 0. The molecule has 1 amide bonds. The second-order valence-electron chi connectivity index (χ2n) is 3.30. The van der Waals surface area contributed by atoms with Crippen LogP contribution in [0.25, 0.3) is 0 Å². The molecule has 4 nitrogen and oxygen atoms in total. The second kappa shape index (κ2) is 3.55. The van der Waals surface area contributed by atoms with Crippen molar-refractivity contribution in [2.45, 2.75) is 12.5 Å². The van der Waals surface area contributed by atoms with Crippen molar-refractivity contribution in [1.82, 2.24) is 4.98 Å². The van der Waals surface area contributed by atoms with Crippen LogP contribution >= 0.6 is 11.6 Å². The summed E-state index contributed by atoms with van der Waals surface area (Å²) in [6.45, 7) is 0.520. The summed E-state index contributed by atoms with van der Waals surface area (Å²) in [4.78, 5) is 17.1. The van der Waals surface area contributed by atoms with Crippen LogP contribution in [0.1, 0.15) is 6.42 Å². The summed E-state index contributed by atoms with van der Waals surface area (Å²) in [7, 11) is 0. The Morgan fingerprint density at radius 2 is 2.43 bits per heavy atom. The van der Waals surface area contributed by atoms with E-state index in [-0.39, 0.29) is 11.9 Å². The molecule has 0 spiro atoms. The number of nitrogens with zero attached hydrogens (tertiary/aromatic N) is 2. The highest BCUT2D eigenvalue weighted by Gasteiger charge is 2.28. The predicted octanol–water partition coefficient (Wildman–Crippen LogP) is 0.799. The van der Waals surface area contributed by atoms with Gasteiger partial charge < -0.3 is 5.73 Å². The van der Waals surface area contributed by atoms with Gasteiger partial charge in [0.25, 0.3) is 0 Å². The van der Waals surface area contributed by atoms with Crippen molar-refractivity contribution in [3.8, 4) is 0 Å². The van der Waals surface area contributed by atoms with Crippen LogP contribution in [0.3, 0.4) is 0 Å². The van der Waals surface area contributed by atoms with E-state index in [1.54, 1.807) is 23.2 Å². The van der Waals surface area contributed by atoms with Gasteiger partial charge in [-0.25, -0.2) is 4.98 Å². The fourth-order valence-corrected chi connectivity index (χ4v) is 1.65. The predicted molar refractivity (Wildman–Crippen MR) is 54.2 cm³/mol. The van der Waals surface area contributed by atoms with E-state index < -0.39 is 0 Å². The highest BCUT2D eigenvalue weighted by molar-refractivity contribution is 6.30. The molecular weight excluding hydrogens is 202 g/mol. The summed E-state index contributed by atoms with van der Waals surface area (Å²) in [5.41, 5.74) is 5.67. The maximum Gasteiger partial charge on any atom is 0.229 e. The Morgan fingerprint density at radius 1 is 1.64 bits per heavy atom. The van der Waals surface area contributed by atoms with E-state index >= 15 is 0 Å². The first-order valence-corrected chi connectivity index (χ1v) is 4.72. The van der Waals surface area contributed by atoms with Gasteiger partial charge in [-0.1, -0.05) is 11.6 Å². The average molecular weight is 212 g/mol. The van der Waals surface area contributed by atoms with E-state index in [4.69, 9.17) is 17.3 Å². The fourth-order valence-electron chi connectivity index (χ4n) is 1.50. The smallest absolute Gasteiger partial charge is 0.229 e. The number of aromatic nitrogens is 1. The molecule has 1 saturated heterocycles. The van der Waals surface area contributed by atoms with Crippen molar-refractivity contribution < 1.29 is 4.79 Å². The van der Waals surface area contributed by atoms with E-state index in [0.29, 0.717) is 23.8 Å². The molecule has 0 aliphatic carbocycles. The number of hydrogen-bond donors (Lipinski definition) is 1. The van der Waals surface area contributed by atoms with Gasteiger partial charge in [-0.2, -0.15) is 0 Å². The maximum absolute atomic E-state index is 11.5. The summed E-state index contributed by atoms with van der Waals surface area (Å²) in [6, 6.07) is 3.24. The first-order valence-electron chi connectivity index (χ1n) is 4.34. The summed E-state index contributed by atoms with van der Waals surface area (Å²) >= 11 is 5.80. The van der Waals surface area contributed by atoms with Crippen LogP contribution in [0.2, 0.25) is 5.02 Å². The van der Waals surface area contributed by atoms with Crippen LogP contribution in [-0.4, -0.2) is 23.5 Å². The average Bonchev–Trinajstić information content (AvgIpc) is 2.45. The minimum atomic E-state index is -0.0942. The molecular formula is C9H10ClN3O. The Balaban J connectivity index is 2.27. The van der Waals surface area contributed by atoms with E-state index in [9.17, 15) is 4.79 Å². The Bertz CT molecular complexity index is 369. The molecule has 0 saturated carbocycles. The van der Waals surface area contributed by atoms with Gasteiger partial charge in [-0.3, -0.25) is 9.69 Å². The fraction of sp³-hybridized carbons (Fsp3) is 0.333. The molecule has 1 atom stereocenters. The van der Waals surface area contributed by atoms with Crippen LogP contribution in [0.4, 0.5) is 5.82 Å². The number of carbonyl (C=O) groups excluding carboxylic acids is 1. The minimum Gasteiger partial charge on any atom is -0.326 e. The van der Waals surface area contributed by atoms with Gasteiger partial charge in [0.2, 0.25) is 5.91 Å². The van der Waals surface area contributed by atoms with Crippen molar-refractivity contribution in [2.24, 2.45) is 5.73 Å². The first kappa shape index (κ1) is 9.43. The van der Waals surface area contributed by atoms with Crippen molar-refractivity contribution in [3.63, 3.8) is 0 Å². The van der Waals surface area contributed by atoms with Gasteiger partial charge >= 0.3 is 0 Å². The number of carbonyl (C=O) groups is 1. The molecule has 0 bridgehead atoms. The summed E-state index contributed by atoms with van der Waals surface area (Å²) in [6.07, 6.45) is 1.96. The number of rotatable bonds is 1.